The molecule has 0 aliphatic heterocycles. The Hall–Kier alpha value is -4.14. The van der Waals surface area contributed by atoms with E-state index in [1.807, 2.05) is 6.07 Å². The van der Waals surface area contributed by atoms with Crippen molar-refractivity contribution in [2.75, 3.05) is 0 Å². The molecule has 0 atom stereocenters. The van der Waals surface area contributed by atoms with E-state index in [4.69, 9.17) is 8.83 Å². The minimum Gasteiger partial charge on any atom is -0.422 e. The number of para-hydroxylation sites is 1. The van der Waals surface area contributed by atoms with E-state index in [0.29, 0.717) is 16.5 Å². The largest absolute Gasteiger partial charge is 0.422 e. The molecule has 27 heavy (non-hydrogen) atoms. The van der Waals surface area contributed by atoms with Crippen molar-refractivity contribution >= 4 is 28.9 Å². The van der Waals surface area contributed by atoms with E-state index in [0.717, 1.165) is 0 Å². The van der Waals surface area contributed by atoms with E-state index in [-0.39, 0.29) is 23.2 Å². The lowest BCUT2D eigenvalue weighted by molar-refractivity contribution is -0.384. The van der Waals surface area contributed by atoms with E-state index >= 15 is 0 Å². The van der Waals surface area contributed by atoms with Gasteiger partial charge in [-0.1, -0.05) is 35.4 Å². The average Bonchev–Trinajstić information content (AvgIpc) is 3.15. The van der Waals surface area contributed by atoms with Crippen LogP contribution in [0.2, 0.25) is 0 Å². The minimum atomic E-state index is -0.605. The summed E-state index contributed by atoms with van der Waals surface area (Å²) in [6.45, 7) is 0. The maximum atomic E-state index is 12.1. The third-order valence-corrected chi connectivity index (χ3v) is 3.69. The molecule has 9 nitrogen and oxygen atoms in total. The molecule has 0 fully saturated rings. The molecule has 2 heterocycles. The molecule has 4 aromatic rings. The van der Waals surface area contributed by atoms with Gasteiger partial charge >= 0.3 is 11.6 Å². The molecule has 0 radical (unpaired) electrons. The van der Waals surface area contributed by atoms with Gasteiger partial charge in [0.15, 0.2) is 0 Å². The van der Waals surface area contributed by atoms with Gasteiger partial charge in [-0.3, -0.25) is 10.1 Å². The van der Waals surface area contributed by atoms with Crippen molar-refractivity contribution in [2.24, 2.45) is 4.99 Å². The van der Waals surface area contributed by atoms with Gasteiger partial charge in [0.2, 0.25) is 0 Å². The van der Waals surface area contributed by atoms with Crippen LogP contribution < -0.4 is 5.63 Å². The van der Waals surface area contributed by atoms with Crippen LogP contribution in [0.4, 0.5) is 11.7 Å². The van der Waals surface area contributed by atoms with Crippen LogP contribution in [-0.4, -0.2) is 21.3 Å². The first kappa shape index (κ1) is 16.3. The summed E-state index contributed by atoms with van der Waals surface area (Å²) in [4.78, 5) is 26.4. The zero-order chi connectivity index (χ0) is 18.8. The van der Waals surface area contributed by atoms with Crippen LogP contribution >= 0.6 is 0 Å². The molecular weight excluding hydrogens is 352 g/mol. The summed E-state index contributed by atoms with van der Waals surface area (Å²) in [5.41, 5.74) is 0.410. The molecule has 0 saturated carbocycles. The van der Waals surface area contributed by atoms with Gasteiger partial charge in [-0.05, 0) is 17.7 Å². The Morgan fingerprint density at radius 3 is 2.74 bits per heavy atom. The summed E-state index contributed by atoms with van der Waals surface area (Å²) in [6.07, 6.45) is 1.35. The maximum Gasteiger partial charge on any atom is 0.349 e. The molecule has 0 aliphatic carbocycles. The van der Waals surface area contributed by atoms with Crippen LogP contribution in [0.5, 0.6) is 0 Å². The maximum absolute atomic E-state index is 12.1. The Kier molecular flexibility index (Phi) is 4.01. The van der Waals surface area contributed by atoms with Crippen LogP contribution in [-0.2, 0) is 0 Å². The fourth-order valence-corrected chi connectivity index (χ4v) is 2.44. The average molecular weight is 362 g/mol. The first-order valence-corrected chi connectivity index (χ1v) is 7.75. The number of benzene rings is 2. The number of nitrogens with zero attached hydrogens (tertiary/aromatic N) is 4. The highest BCUT2D eigenvalue weighted by atomic mass is 16.6. The van der Waals surface area contributed by atoms with Crippen molar-refractivity contribution < 1.29 is 13.8 Å². The summed E-state index contributed by atoms with van der Waals surface area (Å²) in [5.74, 6) is -0.0271. The monoisotopic (exact) mass is 362 g/mol. The summed E-state index contributed by atoms with van der Waals surface area (Å²) in [7, 11) is 0. The molecule has 0 N–H and O–H groups in total. The van der Waals surface area contributed by atoms with E-state index in [1.165, 1.54) is 18.3 Å². The highest BCUT2D eigenvalue weighted by Gasteiger charge is 2.14. The fraction of sp³-hybridized carbons (Fsp3) is 0. The van der Waals surface area contributed by atoms with Crippen molar-refractivity contribution in [3.8, 4) is 11.5 Å². The highest BCUT2D eigenvalue weighted by Crippen LogP contribution is 2.22. The Morgan fingerprint density at radius 1 is 1.04 bits per heavy atom. The molecule has 0 aliphatic rings. The number of nitro groups is 1. The van der Waals surface area contributed by atoms with E-state index in [9.17, 15) is 14.9 Å². The number of aromatic nitrogens is 2. The van der Waals surface area contributed by atoms with Crippen LogP contribution in [0.3, 0.4) is 0 Å². The van der Waals surface area contributed by atoms with Gasteiger partial charge in [-0.25, -0.2) is 9.79 Å². The second-order valence-corrected chi connectivity index (χ2v) is 5.49. The van der Waals surface area contributed by atoms with Gasteiger partial charge in [0.25, 0.3) is 11.6 Å². The number of nitro benzene ring substituents is 1. The quantitative estimate of drug-likeness (QED) is 0.235. The Labute approximate surface area is 150 Å². The summed E-state index contributed by atoms with van der Waals surface area (Å²) >= 11 is 0. The topological polar surface area (TPSA) is 125 Å². The molecule has 2 aromatic heterocycles. The first-order valence-electron chi connectivity index (χ1n) is 7.75. The lowest BCUT2D eigenvalue weighted by atomic mass is 10.2. The predicted molar refractivity (Wildman–Crippen MR) is 96.1 cm³/mol. The minimum absolute atomic E-state index is 0.0271. The summed E-state index contributed by atoms with van der Waals surface area (Å²) in [5, 5.41) is 19.1. The Morgan fingerprint density at radius 2 is 1.89 bits per heavy atom. The van der Waals surface area contributed by atoms with Crippen LogP contribution in [0.15, 0.2) is 73.2 Å². The number of non-ortho nitro benzene ring substituents is 1. The van der Waals surface area contributed by atoms with Gasteiger partial charge in [0.1, 0.15) is 11.1 Å². The molecule has 132 valence electrons. The van der Waals surface area contributed by atoms with Crippen molar-refractivity contribution in [3.05, 3.63) is 80.7 Å². The third-order valence-electron chi connectivity index (χ3n) is 3.69. The van der Waals surface area contributed by atoms with E-state index in [1.54, 1.807) is 36.4 Å². The summed E-state index contributed by atoms with van der Waals surface area (Å²) < 4.78 is 10.6. The SMILES string of the molecule is O=c1oc2ccccc2cc1-c1nnc(N=Cc2cccc([N+](=O)[O-])c2)o1. The van der Waals surface area contributed by atoms with Crippen LogP contribution in [0.1, 0.15) is 5.56 Å². The van der Waals surface area contributed by atoms with Crippen molar-refractivity contribution in [3.63, 3.8) is 0 Å². The van der Waals surface area contributed by atoms with Gasteiger partial charge in [-0.2, -0.15) is 0 Å². The number of fused-ring (bicyclic) bond motifs is 1. The second kappa shape index (κ2) is 6.64. The molecule has 0 amide bonds. The molecule has 4 rings (SSSR count). The fourth-order valence-electron chi connectivity index (χ4n) is 2.44. The van der Waals surface area contributed by atoms with Crippen LogP contribution in [0.25, 0.3) is 22.4 Å². The summed E-state index contributed by atoms with van der Waals surface area (Å²) in [6, 6.07) is 14.5. The van der Waals surface area contributed by atoms with E-state index in [2.05, 4.69) is 15.2 Å². The van der Waals surface area contributed by atoms with Gasteiger partial charge in [0.05, 0.1) is 4.92 Å². The lowest BCUT2D eigenvalue weighted by Gasteiger charge is -1.97. The zero-order valence-electron chi connectivity index (χ0n) is 13.6. The van der Waals surface area contributed by atoms with Crippen molar-refractivity contribution in [2.45, 2.75) is 0 Å². The van der Waals surface area contributed by atoms with Crippen molar-refractivity contribution in [1.29, 1.82) is 0 Å². The zero-order valence-corrected chi connectivity index (χ0v) is 13.6. The number of aliphatic imine (C=N–C) groups is 1. The van der Waals surface area contributed by atoms with Gasteiger partial charge in [0, 0.05) is 23.7 Å². The molecule has 0 spiro atoms. The second-order valence-electron chi connectivity index (χ2n) is 5.49. The van der Waals surface area contributed by atoms with E-state index < -0.39 is 10.5 Å². The highest BCUT2D eigenvalue weighted by molar-refractivity contribution is 5.82. The Bertz CT molecular complexity index is 1240. The van der Waals surface area contributed by atoms with Gasteiger partial charge < -0.3 is 8.83 Å². The van der Waals surface area contributed by atoms with Crippen molar-refractivity contribution in [1.82, 2.24) is 10.2 Å². The normalized spacial score (nSPS) is 11.3. The molecule has 2 aromatic carbocycles. The van der Waals surface area contributed by atoms with Gasteiger partial charge in [-0.15, -0.1) is 5.10 Å². The molecular formula is C18H10N4O5. The lowest BCUT2D eigenvalue weighted by Crippen LogP contribution is -2.02. The molecule has 0 bridgehead atoms. The number of rotatable bonds is 4. The standard InChI is InChI=1S/C18H10N4O5/c23-17-14(9-12-5-1-2-7-15(12)26-17)16-20-21-18(27-16)19-10-11-4-3-6-13(8-11)22(24)25/h1-10H. The third kappa shape index (κ3) is 3.33. The Balaban J connectivity index is 1.64. The molecule has 0 unspecified atom stereocenters. The molecule has 9 heteroatoms. The predicted octanol–water partition coefficient (Wildman–Crippen LogP) is 3.50. The molecule has 0 saturated heterocycles. The smallest absolute Gasteiger partial charge is 0.349 e. The first-order chi connectivity index (χ1) is 13.1. The number of hydrogen-bond acceptors (Lipinski definition) is 8. The van der Waals surface area contributed by atoms with Crippen LogP contribution in [0, 0.1) is 10.1 Å². The number of hydrogen-bond donors (Lipinski definition) is 0.